The maximum atomic E-state index is 10.4. The number of aromatic amines is 1. The zero-order valence-corrected chi connectivity index (χ0v) is 11.8. The number of fused-ring (bicyclic) bond motifs is 1. The van der Waals surface area contributed by atoms with Gasteiger partial charge in [0.25, 0.3) is 0 Å². The fraction of sp³-hybridized carbons (Fsp3) is 0.429. The standard InChI is InChI=1S/C14H18N2O2S/c1-2-10-6-7-11-12(9-10)16-14(15-11)19-8-4-3-5-13(17)18/h6-7,9H,2-5,8H2,1H3,(H,15,16)(H,17,18). The Hall–Kier alpha value is -1.49. The van der Waals surface area contributed by atoms with Crippen molar-refractivity contribution in [2.45, 2.75) is 37.8 Å². The SMILES string of the molecule is CCc1ccc2nc(SCCCCC(=O)O)[nH]c2c1. The molecular formula is C14H18N2O2S. The van der Waals surface area contributed by atoms with Gasteiger partial charge in [0.1, 0.15) is 0 Å². The molecule has 0 saturated carbocycles. The van der Waals surface area contributed by atoms with Crippen LogP contribution in [0.3, 0.4) is 0 Å². The summed E-state index contributed by atoms with van der Waals surface area (Å²) in [4.78, 5) is 18.2. The molecule has 0 amide bonds. The van der Waals surface area contributed by atoms with Crippen LogP contribution < -0.4 is 0 Å². The van der Waals surface area contributed by atoms with Crippen molar-refractivity contribution < 1.29 is 9.90 Å². The van der Waals surface area contributed by atoms with Gasteiger partial charge in [-0.15, -0.1) is 0 Å². The highest BCUT2D eigenvalue weighted by Crippen LogP contribution is 2.21. The second-order valence-electron chi connectivity index (χ2n) is 4.45. The van der Waals surface area contributed by atoms with Crippen LogP contribution in [-0.2, 0) is 11.2 Å². The first kappa shape index (κ1) is 13.9. The molecule has 1 aromatic carbocycles. The number of rotatable bonds is 7. The third kappa shape index (κ3) is 3.99. The van der Waals surface area contributed by atoms with Crippen LogP contribution in [0.25, 0.3) is 11.0 Å². The van der Waals surface area contributed by atoms with E-state index in [4.69, 9.17) is 5.11 Å². The van der Waals surface area contributed by atoms with Gasteiger partial charge in [0, 0.05) is 12.2 Å². The molecule has 0 saturated heterocycles. The lowest BCUT2D eigenvalue weighted by molar-refractivity contribution is -0.137. The van der Waals surface area contributed by atoms with Crippen LogP contribution in [0.2, 0.25) is 0 Å². The minimum absolute atomic E-state index is 0.251. The molecule has 19 heavy (non-hydrogen) atoms. The van der Waals surface area contributed by atoms with Crippen LogP contribution in [0.4, 0.5) is 0 Å². The number of H-pyrrole nitrogens is 1. The summed E-state index contributed by atoms with van der Waals surface area (Å²) in [6.07, 6.45) is 2.89. The zero-order chi connectivity index (χ0) is 13.7. The van der Waals surface area contributed by atoms with Gasteiger partial charge in [-0.3, -0.25) is 4.79 Å². The lowest BCUT2D eigenvalue weighted by Gasteiger charge is -1.96. The number of carboxylic acid groups (broad SMARTS) is 1. The van der Waals surface area contributed by atoms with Gasteiger partial charge in [-0.25, -0.2) is 4.98 Å². The highest BCUT2D eigenvalue weighted by atomic mass is 32.2. The Labute approximate surface area is 116 Å². The topological polar surface area (TPSA) is 66.0 Å². The first-order chi connectivity index (χ1) is 9.19. The third-order valence-electron chi connectivity index (χ3n) is 2.96. The second kappa shape index (κ2) is 6.61. The third-order valence-corrected chi connectivity index (χ3v) is 3.92. The van der Waals surface area contributed by atoms with E-state index < -0.39 is 5.97 Å². The molecule has 2 rings (SSSR count). The van der Waals surface area contributed by atoms with Crippen molar-refractivity contribution in [3.8, 4) is 0 Å². The highest BCUT2D eigenvalue weighted by molar-refractivity contribution is 7.99. The van der Waals surface area contributed by atoms with Gasteiger partial charge in [-0.2, -0.15) is 0 Å². The Kier molecular flexibility index (Phi) is 4.85. The quantitative estimate of drug-likeness (QED) is 0.601. The first-order valence-corrected chi connectivity index (χ1v) is 7.51. The van der Waals surface area contributed by atoms with Crippen LogP contribution >= 0.6 is 11.8 Å². The molecule has 0 atom stereocenters. The Balaban J connectivity index is 1.89. The number of imidazole rings is 1. The summed E-state index contributed by atoms with van der Waals surface area (Å²) in [5.74, 6) is 0.175. The minimum atomic E-state index is -0.721. The van der Waals surface area contributed by atoms with E-state index in [9.17, 15) is 4.79 Å². The molecule has 4 nitrogen and oxygen atoms in total. The molecule has 0 spiro atoms. The number of aliphatic carboxylic acids is 1. The van der Waals surface area contributed by atoms with E-state index in [-0.39, 0.29) is 6.42 Å². The van der Waals surface area contributed by atoms with E-state index in [0.29, 0.717) is 0 Å². The number of thioether (sulfide) groups is 1. The Morgan fingerprint density at radius 2 is 2.26 bits per heavy atom. The molecule has 0 radical (unpaired) electrons. The maximum absolute atomic E-state index is 10.4. The highest BCUT2D eigenvalue weighted by Gasteiger charge is 2.04. The number of aromatic nitrogens is 2. The van der Waals surface area contributed by atoms with Crippen molar-refractivity contribution in [3.63, 3.8) is 0 Å². The summed E-state index contributed by atoms with van der Waals surface area (Å²) in [6, 6.07) is 6.28. The summed E-state index contributed by atoms with van der Waals surface area (Å²) in [7, 11) is 0. The molecule has 0 aliphatic heterocycles. The first-order valence-electron chi connectivity index (χ1n) is 6.52. The number of unbranched alkanes of at least 4 members (excludes halogenated alkanes) is 1. The molecule has 0 bridgehead atoms. The summed E-state index contributed by atoms with van der Waals surface area (Å²) in [5.41, 5.74) is 3.37. The van der Waals surface area contributed by atoms with E-state index in [1.54, 1.807) is 11.8 Å². The number of aryl methyl sites for hydroxylation is 1. The van der Waals surface area contributed by atoms with Gasteiger partial charge in [0.15, 0.2) is 5.16 Å². The van der Waals surface area contributed by atoms with Gasteiger partial charge >= 0.3 is 5.97 Å². The lowest BCUT2D eigenvalue weighted by atomic mass is 10.1. The molecule has 0 aliphatic carbocycles. The molecule has 1 aromatic heterocycles. The Morgan fingerprint density at radius 1 is 1.42 bits per heavy atom. The molecule has 2 N–H and O–H groups in total. The largest absolute Gasteiger partial charge is 0.481 e. The van der Waals surface area contributed by atoms with Crippen LogP contribution in [0, 0.1) is 0 Å². The molecular weight excluding hydrogens is 260 g/mol. The second-order valence-corrected chi connectivity index (χ2v) is 5.53. The number of nitrogens with zero attached hydrogens (tertiary/aromatic N) is 1. The predicted molar refractivity (Wildman–Crippen MR) is 77.7 cm³/mol. The fourth-order valence-electron chi connectivity index (χ4n) is 1.87. The summed E-state index contributed by atoms with van der Waals surface area (Å²) < 4.78 is 0. The Morgan fingerprint density at radius 3 is 3.00 bits per heavy atom. The smallest absolute Gasteiger partial charge is 0.303 e. The monoisotopic (exact) mass is 278 g/mol. The van der Waals surface area contributed by atoms with Crippen molar-refractivity contribution in [1.82, 2.24) is 9.97 Å². The van der Waals surface area contributed by atoms with E-state index in [1.165, 1.54) is 5.56 Å². The number of nitrogens with one attached hydrogen (secondary N) is 1. The van der Waals surface area contributed by atoms with Crippen molar-refractivity contribution in [1.29, 1.82) is 0 Å². The number of hydrogen-bond donors (Lipinski definition) is 2. The Bertz CT molecular complexity index is 566. The van der Waals surface area contributed by atoms with E-state index in [0.717, 1.165) is 41.2 Å². The predicted octanol–water partition coefficient (Wildman–Crippen LogP) is 3.47. The summed E-state index contributed by atoms with van der Waals surface area (Å²) in [6.45, 7) is 2.13. The van der Waals surface area contributed by atoms with Crippen LogP contribution in [0.1, 0.15) is 31.7 Å². The van der Waals surface area contributed by atoms with Crippen molar-refractivity contribution >= 4 is 28.8 Å². The lowest BCUT2D eigenvalue weighted by Crippen LogP contribution is -1.94. The van der Waals surface area contributed by atoms with Gasteiger partial charge in [0.05, 0.1) is 11.0 Å². The number of hydrogen-bond acceptors (Lipinski definition) is 3. The molecule has 102 valence electrons. The zero-order valence-electron chi connectivity index (χ0n) is 11.0. The van der Waals surface area contributed by atoms with Crippen molar-refractivity contribution in [3.05, 3.63) is 23.8 Å². The molecule has 0 fully saturated rings. The number of carboxylic acids is 1. The normalized spacial score (nSPS) is 11.0. The molecule has 0 unspecified atom stereocenters. The molecule has 1 heterocycles. The summed E-state index contributed by atoms with van der Waals surface area (Å²) in [5, 5.41) is 9.46. The van der Waals surface area contributed by atoms with Crippen LogP contribution in [0.5, 0.6) is 0 Å². The van der Waals surface area contributed by atoms with Gasteiger partial charge in [-0.1, -0.05) is 24.8 Å². The number of benzene rings is 1. The van der Waals surface area contributed by atoms with Gasteiger partial charge < -0.3 is 10.1 Å². The van der Waals surface area contributed by atoms with Crippen LogP contribution in [0.15, 0.2) is 23.4 Å². The average molecular weight is 278 g/mol. The van der Waals surface area contributed by atoms with E-state index >= 15 is 0 Å². The molecule has 0 aliphatic rings. The van der Waals surface area contributed by atoms with E-state index in [1.807, 2.05) is 6.07 Å². The van der Waals surface area contributed by atoms with Gasteiger partial charge in [0.2, 0.25) is 0 Å². The number of carbonyl (C=O) groups is 1. The molecule has 2 aromatic rings. The molecule has 5 heteroatoms. The van der Waals surface area contributed by atoms with Crippen molar-refractivity contribution in [2.24, 2.45) is 0 Å². The van der Waals surface area contributed by atoms with E-state index in [2.05, 4.69) is 29.0 Å². The van der Waals surface area contributed by atoms with Gasteiger partial charge in [-0.05, 0) is 37.0 Å². The fourth-order valence-corrected chi connectivity index (χ4v) is 2.76. The summed E-state index contributed by atoms with van der Waals surface area (Å²) >= 11 is 1.65. The van der Waals surface area contributed by atoms with Crippen molar-refractivity contribution in [2.75, 3.05) is 5.75 Å². The van der Waals surface area contributed by atoms with Crippen LogP contribution in [-0.4, -0.2) is 26.8 Å². The average Bonchev–Trinajstić information content (AvgIpc) is 2.79. The maximum Gasteiger partial charge on any atom is 0.303 e. The minimum Gasteiger partial charge on any atom is -0.481 e.